The number of nitrogens with zero attached hydrogens (tertiary/aromatic N) is 3. The highest BCUT2D eigenvalue weighted by molar-refractivity contribution is 6.34. The molecule has 18 heavy (non-hydrogen) atoms. The third-order valence-electron chi connectivity index (χ3n) is 2.81. The van der Waals surface area contributed by atoms with E-state index in [4.69, 9.17) is 0 Å². The first-order valence-electron chi connectivity index (χ1n) is 5.46. The largest absolute Gasteiger partial charge is 0.268 e. The Morgan fingerprint density at radius 2 is 1.50 bits per heavy atom. The predicted octanol–water partition coefficient (Wildman–Crippen LogP) is 1.59. The van der Waals surface area contributed by atoms with E-state index in [1.807, 2.05) is 0 Å². The van der Waals surface area contributed by atoms with Gasteiger partial charge in [-0.25, -0.2) is 4.90 Å². The van der Waals surface area contributed by atoms with Crippen molar-refractivity contribution in [2.45, 2.75) is 6.92 Å². The minimum Gasteiger partial charge on any atom is -0.268 e. The normalized spacial score (nSPS) is 13.9. The summed E-state index contributed by atoms with van der Waals surface area (Å²) in [6, 6.07) is 10.1. The van der Waals surface area contributed by atoms with Crippen LogP contribution in [-0.2, 0) is 0 Å². The molecule has 88 valence electrons. The first-order valence-corrected chi connectivity index (χ1v) is 5.46. The second-order valence-electron chi connectivity index (χ2n) is 4.02. The van der Waals surface area contributed by atoms with E-state index in [1.54, 1.807) is 43.3 Å². The van der Waals surface area contributed by atoms with E-state index in [-0.39, 0.29) is 17.6 Å². The SMILES string of the molecule is Cc1ccc(N2C(=O)c3ccccc3C2=O)nn1. The molecule has 0 unspecified atom stereocenters. The number of imide groups is 1. The van der Waals surface area contributed by atoms with Crippen LogP contribution in [0.3, 0.4) is 0 Å². The Balaban J connectivity index is 2.09. The maximum Gasteiger partial charge on any atom is 0.267 e. The number of carbonyl (C=O) groups is 2. The maximum absolute atomic E-state index is 12.1. The van der Waals surface area contributed by atoms with Crippen LogP contribution in [0.2, 0.25) is 0 Å². The van der Waals surface area contributed by atoms with Crippen LogP contribution in [0, 0.1) is 6.92 Å². The average molecular weight is 239 g/mol. The Bertz CT molecular complexity index is 615. The molecule has 0 bridgehead atoms. The number of anilines is 1. The topological polar surface area (TPSA) is 63.2 Å². The van der Waals surface area contributed by atoms with Crippen LogP contribution in [0.15, 0.2) is 36.4 Å². The number of hydrogen-bond acceptors (Lipinski definition) is 4. The summed E-state index contributed by atoms with van der Waals surface area (Å²) in [5.74, 6) is -0.450. The fourth-order valence-corrected chi connectivity index (χ4v) is 1.91. The summed E-state index contributed by atoms with van der Waals surface area (Å²) in [7, 11) is 0. The molecule has 0 aliphatic carbocycles. The van der Waals surface area contributed by atoms with Gasteiger partial charge in [0.2, 0.25) is 0 Å². The number of rotatable bonds is 1. The number of aromatic nitrogens is 2. The van der Waals surface area contributed by atoms with Gasteiger partial charge in [0.15, 0.2) is 5.82 Å². The van der Waals surface area contributed by atoms with Crippen molar-refractivity contribution < 1.29 is 9.59 Å². The molecule has 5 heteroatoms. The van der Waals surface area contributed by atoms with Crippen molar-refractivity contribution in [3.63, 3.8) is 0 Å². The number of carbonyl (C=O) groups excluding carboxylic acids is 2. The zero-order chi connectivity index (χ0) is 12.7. The van der Waals surface area contributed by atoms with E-state index >= 15 is 0 Å². The van der Waals surface area contributed by atoms with Crippen molar-refractivity contribution in [3.05, 3.63) is 53.2 Å². The highest BCUT2D eigenvalue weighted by atomic mass is 16.2. The number of hydrogen-bond donors (Lipinski definition) is 0. The summed E-state index contributed by atoms with van der Waals surface area (Å²) >= 11 is 0. The molecule has 1 aliphatic heterocycles. The van der Waals surface area contributed by atoms with Crippen LogP contribution in [0.25, 0.3) is 0 Å². The van der Waals surface area contributed by atoms with Gasteiger partial charge in [-0.15, -0.1) is 5.10 Å². The number of benzene rings is 1. The highest BCUT2D eigenvalue weighted by Gasteiger charge is 2.37. The molecule has 2 amide bonds. The standard InChI is InChI=1S/C13H9N3O2/c1-8-6-7-11(15-14-8)16-12(17)9-4-2-3-5-10(9)13(16)18/h2-7H,1H3. The summed E-state index contributed by atoms with van der Waals surface area (Å²) in [6.07, 6.45) is 0. The maximum atomic E-state index is 12.1. The molecule has 0 saturated carbocycles. The van der Waals surface area contributed by atoms with E-state index in [9.17, 15) is 9.59 Å². The minimum absolute atomic E-state index is 0.256. The lowest BCUT2D eigenvalue weighted by Gasteiger charge is -2.11. The monoisotopic (exact) mass is 239 g/mol. The number of amides is 2. The van der Waals surface area contributed by atoms with Crippen LogP contribution in [-0.4, -0.2) is 22.0 Å². The second-order valence-corrected chi connectivity index (χ2v) is 4.02. The molecule has 0 spiro atoms. The van der Waals surface area contributed by atoms with E-state index in [1.165, 1.54) is 0 Å². The van der Waals surface area contributed by atoms with Crippen molar-refractivity contribution in [1.29, 1.82) is 0 Å². The lowest BCUT2D eigenvalue weighted by Crippen LogP contribution is -2.30. The van der Waals surface area contributed by atoms with E-state index in [2.05, 4.69) is 10.2 Å². The summed E-state index contributed by atoms with van der Waals surface area (Å²) in [5.41, 5.74) is 1.55. The summed E-state index contributed by atoms with van der Waals surface area (Å²) in [6.45, 7) is 1.79. The van der Waals surface area contributed by atoms with Crippen LogP contribution in [0.5, 0.6) is 0 Å². The molecule has 0 fully saturated rings. The fourth-order valence-electron chi connectivity index (χ4n) is 1.91. The first-order chi connectivity index (χ1) is 8.68. The Hall–Kier alpha value is -2.56. The van der Waals surface area contributed by atoms with Gasteiger partial charge < -0.3 is 0 Å². The second kappa shape index (κ2) is 3.73. The summed E-state index contributed by atoms with van der Waals surface area (Å²) in [5, 5.41) is 7.74. The van der Waals surface area contributed by atoms with Crippen LogP contribution >= 0.6 is 0 Å². The van der Waals surface area contributed by atoms with Gasteiger partial charge >= 0.3 is 0 Å². The Morgan fingerprint density at radius 1 is 0.889 bits per heavy atom. The molecule has 1 aromatic carbocycles. The summed E-state index contributed by atoms with van der Waals surface area (Å²) < 4.78 is 0. The Kier molecular flexibility index (Phi) is 2.19. The zero-order valence-corrected chi connectivity index (χ0v) is 9.62. The molecule has 0 atom stereocenters. The molecule has 1 aliphatic rings. The predicted molar refractivity (Wildman–Crippen MR) is 64.4 cm³/mol. The highest BCUT2D eigenvalue weighted by Crippen LogP contribution is 2.26. The molecule has 5 nitrogen and oxygen atoms in total. The van der Waals surface area contributed by atoms with Crippen LogP contribution < -0.4 is 4.90 Å². The van der Waals surface area contributed by atoms with Crippen molar-refractivity contribution in [3.8, 4) is 0 Å². The van der Waals surface area contributed by atoms with Gasteiger partial charge in [0.1, 0.15) is 0 Å². The lowest BCUT2D eigenvalue weighted by molar-refractivity contribution is 0.0924. The van der Waals surface area contributed by atoms with Gasteiger partial charge in [-0.1, -0.05) is 12.1 Å². The van der Waals surface area contributed by atoms with Gasteiger partial charge in [0.05, 0.1) is 16.8 Å². The quantitative estimate of drug-likeness (QED) is 0.709. The minimum atomic E-state index is -0.353. The average Bonchev–Trinajstić information content (AvgIpc) is 2.64. The van der Waals surface area contributed by atoms with Crippen molar-refractivity contribution in [1.82, 2.24) is 10.2 Å². The van der Waals surface area contributed by atoms with Crippen molar-refractivity contribution >= 4 is 17.6 Å². The van der Waals surface area contributed by atoms with E-state index in [0.717, 1.165) is 10.6 Å². The lowest BCUT2D eigenvalue weighted by atomic mass is 10.1. The van der Waals surface area contributed by atoms with Crippen LogP contribution in [0.4, 0.5) is 5.82 Å². The number of aryl methyl sites for hydroxylation is 1. The van der Waals surface area contributed by atoms with Gasteiger partial charge in [-0.2, -0.15) is 5.10 Å². The van der Waals surface area contributed by atoms with Gasteiger partial charge in [0, 0.05) is 0 Å². The molecular weight excluding hydrogens is 230 g/mol. The molecule has 0 saturated heterocycles. The van der Waals surface area contributed by atoms with E-state index in [0.29, 0.717) is 11.1 Å². The molecule has 1 aromatic heterocycles. The third kappa shape index (κ3) is 1.41. The zero-order valence-electron chi connectivity index (χ0n) is 9.62. The molecule has 3 rings (SSSR count). The molecular formula is C13H9N3O2. The Morgan fingerprint density at radius 3 is 2.00 bits per heavy atom. The fraction of sp³-hybridized carbons (Fsp3) is 0.0769. The molecule has 0 N–H and O–H groups in total. The van der Waals surface area contributed by atoms with Crippen molar-refractivity contribution in [2.75, 3.05) is 4.90 Å². The molecule has 0 radical (unpaired) electrons. The van der Waals surface area contributed by atoms with Crippen molar-refractivity contribution in [2.24, 2.45) is 0 Å². The van der Waals surface area contributed by atoms with E-state index < -0.39 is 0 Å². The first kappa shape index (κ1) is 10.6. The van der Waals surface area contributed by atoms with Gasteiger partial charge in [-0.05, 0) is 31.2 Å². The van der Waals surface area contributed by atoms with Gasteiger partial charge in [0.25, 0.3) is 11.8 Å². The molecule has 2 aromatic rings. The number of fused-ring (bicyclic) bond motifs is 1. The van der Waals surface area contributed by atoms with Crippen LogP contribution in [0.1, 0.15) is 26.4 Å². The third-order valence-corrected chi connectivity index (χ3v) is 2.81. The van der Waals surface area contributed by atoms with Gasteiger partial charge in [-0.3, -0.25) is 9.59 Å². The summed E-state index contributed by atoms with van der Waals surface area (Å²) in [4.78, 5) is 25.3. The molecule has 2 heterocycles. The Labute approximate surface area is 103 Å². The smallest absolute Gasteiger partial charge is 0.267 e.